The van der Waals surface area contributed by atoms with Crippen molar-refractivity contribution in [2.24, 2.45) is 0 Å². The Hall–Kier alpha value is -2.11. The third-order valence-electron chi connectivity index (χ3n) is 1.86. The molecule has 0 aliphatic heterocycles. The van der Waals surface area contributed by atoms with Crippen LogP contribution >= 0.6 is 0 Å². The van der Waals surface area contributed by atoms with Crippen LogP contribution < -0.4 is 11.1 Å². The van der Waals surface area contributed by atoms with Gasteiger partial charge in [0.25, 0.3) is 5.91 Å². The molecule has 0 saturated heterocycles. The summed E-state index contributed by atoms with van der Waals surface area (Å²) >= 11 is 0. The lowest BCUT2D eigenvalue weighted by atomic mass is 10.3. The molecule has 0 aromatic carbocycles. The average molecular weight is 223 g/mol. The van der Waals surface area contributed by atoms with Crippen molar-refractivity contribution in [3.8, 4) is 0 Å². The monoisotopic (exact) mass is 223 g/mol. The van der Waals surface area contributed by atoms with Crippen molar-refractivity contribution in [3.05, 3.63) is 24.0 Å². The van der Waals surface area contributed by atoms with Crippen molar-refractivity contribution in [2.75, 3.05) is 19.4 Å². The lowest BCUT2D eigenvalue weighted by Gasteiger charge is -2.03. The number of nitrogens with zero attached hydrogens (tertiary/aromatic N) is 1. The number of nitrogen functional groups attached to an aromatic ring is 1. The number of esters is 1. The first kappa shape index (κ1) is 12.0. The van der Waals surface area contributed by atoms with Crippen LogP contribution in [0.2, 0.25) is 0 Å². The quantitative estimate of drug-likeness (QED) is 0.698. The van der Waals surface area contributed by atoms with Crippen LogP contribution in [0.5, 0.6) is 0 Å². The minimum atomic E-state index is -0.370. The van der Waals surface area contributed by atoms with E-state index in [-0.39, 0.29) is 30.5 Å². The third-order valence-corrected chi connectivity index (χ3v) is 1.86. The van der Waals surface area contributed by atoms with Crippen LogP contribution in [0.25, 0.3) is 0 Å². The molecule has 0 bridgehead atoms. The van der Waals surface area contributed by atoms with Crippen LogP contribution in [0.3, 0.4) is 0 Å². The molecule has 0 aliphatic rings. The van der Waals surface area contributed by atoms with Gasteiger partial charge >= 0.3 is 5.97 Å². The summed E-state index contributed by atoms with van der Waals surface area (Å²) in [5, 5.41) is 2.54. The van der Waals surface area contributed by atoms with E-state index in [1.807, 2.05) is 0 Å². The normalized spacial score (nSPS) is 9.56. The van der Waals surface area contributed by atoms with Crippen LogP contribution in [-0.4, -0.2) is 30.5 Å². The number of ether oxygens (including phenoxy) is 1. The molecule has 6 heteroatoms. The van der Waals surface area contributed by atoms with Crippen molar-refractivity contribution >= 4 is 17.6 Å². The van der Waals surface area contributed by atoms with Crippen LogP contribution in [0.1, 0.15) is 16.9 Å². The fourth-order valence-electron chi connectivity index (χ4n) is 1.01. The Bertz CT molecular complexity index is 375. The summed E-state index contributed by atoms with van der Waals surface area (Å²) in [6, 6.07) is 3.10. The van der Waals surface area contributed by atoms with Crippen molar-refractivity contribution < 1.29 is 14.3 Å². The number of nitrogens with two attached hydrogens (primary N) is 1. The van der Waals surface area contributed by atoms with E-state index in [0.29, 0.717) is 5.69 Å². The van der Waals surface area contributed by atoms with E-state index < -0.39 is 0 Å². The summed E-state index contributed by atoms with van der Waals surface area (Å²) in [7, 11) is 1.30. The van der Waals surface area contributed by atoms with Gasteiger partial charge in [-0.2, -0.15) is 0 Å². The first-order valence-corrected chi connectivity index (χ1v) is 4.70. The minimum Gasteiger partial charge on any atom is -0.469 e. The van der Waals surface area contributed by atoms with Gasteiger partial charge in [0.15, 0.2) is 0 Å². The van der Waals surface area contributed by atoms with Crippen LogP contribution in [0, 0.1) is 0 Å². The van der Waals surface area contributed by atoms with E-state index in [2.05, 4.69) is 15.0 Å². The summed E-state index contributed by atoms with van der Waals surface area (Å²) in [4.78, 5) is 26.1. The Morgan fingerprint density at radius 2 is 2.25 bits per heavy atom. The van der Waals surface area contributed by atoms with Gasteiger partial charge in [0.1, 0.15) is 5.69 Å². The third kappa shape index (κ3) is 3.56. The summed E-state index contributed by atoms with van der Waals surface area (Å²) in [6.45, 7) is 0.220. The highest BCUT2D eigenvalue weighted by molar-refractivity contribution is 5.92. The number of methoxy groups -OCH3 is 1. The maximum Gasteiger partial charge on any atom is 0.307 e. The van der Waals surface area contributed by atoms with Crippen LogP contribution in [0.15, 0.2) is 18.3 Å². The maximum absolute atomic E-state index is 11.5. The SMILES string of the molecule is COC(=O)CCNC(=O)c1ccc(N)cn1. The second kappa shape index (κ2) is 5.69. The van der Waals surface area contributed by atoms with Crippen LogP contribution in [-0.2, 0) is 9.53 Å². The summed E-state index contributed by atoms with van der Waals surface area (Å²) in [5.74, 6) is -0.713. The lowest BCUT2D eigenvalue weighted by molar-refractivity contribution is -0.140. The van der Waals surface area contributed by atoms with E-state index in [1.54, 1.807) is 6.07 Å². The highest BCUT2D eigenvalue weighted by atomic mass is 16.5. The fourth-order valence-corrected chi connectivity index (χ4v) is 1.01. The zero-order valence-electron chi connectivity index (χ0n) is 8.90. The molecule has 1 rings (SSSR count). The van der Waals surface area contributed by atoms with Gasteiger partial charge in [0.2, 0.25) is 0 Å². The zero-order chi connectivity index (χ0) is 12.0. The number of carbonyl (C=O) groups is 2. The number of hydrogen-bond acceptors (Lipinski definition) is 5. The molecule has 1 amide bonds. The van der Waals surface area contributed by atoms with Gasteiger partial charge in [0, 0.05) is 6.54 Å². The van der Waals surface area contributed by atoms with Crippen molar-refractivity contribution in [1.29, 1.82) is 0 Å². The molecule has 0 unspecified atom stereocenters. The van der Waals surface area contributed by atoms with Gasteiger partial charge in [-0.3, -0.25) is 9.59 Å². The molecule has 0 aliphatic carbocycles. The van der Waals surface area contributed by atoms with Crippen molar-refractivity contribution in [1.82, 2.24) is 10.3 Å². The second-order valence-corrected chi connectivity index (χ2v) is 3.06. The van der Waals surface area contributed by atoms with E-state index in [0.717, 1.165) is 0 Å². The molecule has 16 heavy (non-hydrogen) atoms. The molecule has 0 radical (unpaired) electrons. The number of carbonyl (C=O) groups excluding carboxylic acids is 2. The molecular weight excluding hydrogens is 210 g/mol. The molecule has 1 heterocycles. The average Bonchev–Trinajstić information content (AvgIpc) is 2.29. The van der Waals surface area contributed by atoms with Crippen molar-refractivity contribution in [2.45, 2.75) is 6.42 Å². The first-order valence-electron chi connectivity index (χ1n) is 4.70. The van der Waals surface area contributed by atoms with Gasteiger partial charge in [-0.15, -0.1) is 0 Å². The molecule has 1 aromatic heterocycles. The Kier molecular flexibility index (Phi) is 4.26. The minimum absolute atomic E-state index is 0.136. The molecular formula is C10H13N3O3. The molecule has 0 spiro atoms. The summed E-state index contributed by atoms with van der Waals surface area (Å²) in [5.41, 5.74) is 6.18. The number of nitrogens with one attached hydrogen (secondary N) is 1. The highest BCUT2D eigenvalue weighted by Gasteiger charge is 2.07. The Morgan fingerprint density at radius 3 is 2.81 bits per heavy atom. The van der Waals surface area contributed by atoms with Gasteiger partial charge in [-0.25, -0.2) is 4.98 Å². The number of anilines is 1. The summed E-state index contributed by atoms with van der Waals surface area (Å²) in [6.07, 6.45) is 1.53. The van der Waals surface area contributed by atoms with Gasteiger partial charge in [0.05, 0.1) is 25.4 Å². The van der Waals surface area contributed by atoms with E-state index in [1.165, 1.54) is 19.4 Å². The van der Waals surface area contributed by atoms with E-state index >= 15 is 0 Å². The molecule has 0 fully saturated rings. The molecule has 0 saturated carbocycles. The number of amides is 1. The fraction of sp³-hybridized carbons (Fsp3) is 0.300. The molecule has 86 valence electrons. The maximum atomic E-state index is 11.5. The molecule has 3 N–H and O–H groups in total. The van der Waals surface area contributed by atoms with Crippen molar-refractivity contribution in [3.63, 3.8) is 0 Å². The van der Waals surface area contributed by atoms with Gasteiger partial charge in [-0.1, -0.05) is 0 Å². The van der Waals surface area contributed by atoms with E-state index in [4.69, 9.17) is 5.73 Å². The first-order chi connectivity index (χ1) is 7.63. The number of pyridine rings is 1. The molecule has 0 atom stereocenters. The van der Waals surface area contributed by atoms with Gasteiger partial charge in [-0.05, 0) is 12.1 Å². The smallest absolute Gasteiger partial charge is 0.307 e. The Balaban J connectivity index is 2.41. The largest absolute Gasteiger partial charge is 0.469 e. The number of rotatable bonds is 4. The highest BCUT2D eigenvalue weighted by Crippen LogP contribution is 2.00. The predicted octanol–water partition coefficient (Wildman–Crippen LogP) is -0.0433. The Morgan fingerprint density at radius 1 is 1.50 bits per heavy atom. The van der Waals surface area contributed by atoms with Gasteiger partial charge < -0.3 is 15.8 Å². The number of hydrogen-bond donors (Lipinski definition) is 2. The van der Waals surface area contributed by atoms with Crippen LogP contribution in [0.4, 0.5) is 5.69 Å². The Labute approximate surface area is 92.8 Å². The molecule has 6 nitrogen and oxygen atoms in total. The standard InChI is InChI=1S/C10H13N3O3/c1-16-9(14)4-5-12-10(15)8-3-2-7(11)6-13-8/h2-3,6H,4-5,11H2,1H3,(H,12,15). The lowest BCUT2D eigenvalue weighted by Crippen LogP contribution is -2.27. The topological polar surface area (TPSA) is 94.3 Å². The number of aromatic nitrogens is 1. The van der Waals surface area contributed by atoms with E-state index in [9.17, 15) is 9.59 Å². The zero-order valence-corrected chi connectivity index (χ0v) is 8.90. The molecule has 1 aromatic rings. The summed E-state index contributed by atoms with van der Waals surface area (Å²) < 4.78 is 4.43. The predicted molar refractivity (Wildman–Crippen MR) is 57.6 cm³/mol. The second-order valence-electron chi connectivity index (χ2n) is 3.06.